The third-order valence-corrected chi connectivity index (χ3v) is 5.73. The number of H-pyrrole nitrogens is 1. The number of benzene rings is 2. The summed E-state index contributed by atoms with van der Waals surface area (Å²) >= 11 is 1.57. The second kappa shape index (κ2) is 10.2. The number of amides is 1. The van der Waals surface area contributed by atoms with Gasteiger partial charge in [-0.05, 0) is 42.5 Å². The predicted molar refractivity (Wildman–Crippen MR) is 126 cm³/mol. The summed E-state index contributed by atoms with van der Waals surface area (Å²) in [6, 6.07) is 16.5. The first-order valence-corrected chi connectivity index (χ1v) is 11.3. The summed E-state index contributed by atoms with van der Waals surface area (Å²) in [7, 11) is 0. The molecule has 1 aromatic heterocycles. The Kier molecular flexibility index (Phi) is 7.36. The molecule has 8 heteroatoms. The molecular weight excluding hydrogens is 412 g/mol. The molecule has 31 heavy (non-hydrogen) atoms. The molecule has 0 atom stereocenters. The van der Waals surface area contributed by atoms with Gasteiger partial charge in [-0.25, -0.2) is 4.79 Å². The highest BCUT2D eigenvalue weighted by Gasteiger charge is 2.25. The van der Waals surface area contributed by atoms with Crippen LogP contribution >= 0.6 is 11.8 Å². The monoisotopic (exact) mass is 438 g/mol. The molecule has 2 aromatic carbocycles. The number of thioether (sulfide) groups is 1. The molecule has 0 aliphatic heterocycles. The van der Waals surface area contributed by atoms with E-state index in [4.69, 9.17) is 5.73 Å². The average Bonchev–Trinajstić information content (AvgIpc) is 2.78. The molecule has 0 aliphatic carbocycles. The fourth-order valence-electron chi connectivity index (χ4n) is 3.28. The quantitative estimate of drug-likeness (QED) is 0.524. The van der Waals surface area contributed by atoms with Gasteiger partial charge in [0.1, 0.15) is 5.82 Å². The summed E-state index contributed by atoms with van der Waals surface area (Å²) in [5.41, 5.74) is 6.28. The van der Waals surface area contributed by atoms with E-state index in [1.54, 1.807) is 23.9 Å². The van der Waals surface area contributed by atoms with Crippen molar-refractivity contribution in [3.8, 4) is 0 Å². The molecule has 0 aliphatic rings. The molecule has 0 saturated carbocycles. The predicted octanol–water partition coefficient (Wildman–Crippen LogP) is 3.49. The van der Waals surface area contributed by atoms with Crippen molar-refractivity contribution in [2.24, 2.45) is 0 Å². The summed E-state index contributed by atoms with van der Waals surface area (Å²) in [4.78, 5) is 43.3. The van der Waals surface area contributed by atoms with Crippen LogP contribution < -0.4 is 21.9 Å². The van der Waals surface area contributed by atoms with Gasteiger partial charge in [0, 0.05) is 17.0 Å². The van der Waals surface area contributed by atoms with Gasteiger partial charge in [0.25, 0.3) is 11.5 Å². The fraction of sp³-hybridized carbons (Fsp3) is 0.261. The Bertz CT molecular complexity index is 1150. The van der Waals surface area contributed by atoms with Crippen LogP contribution in [0.5, 0.6) is 0 Å². The van der Waals surface area contributed by atoms with Crippen molar-refractivity contribution in [3.05, 3.63) is 86.6 Å². The van der Waals surface area contributed by atoms with Gasteiger partial charge in [0.05, 0.1) is 6.54 Å². The highest BCUT2D eigenvalue weighted by atomic mass is 32.2. The van der Waals surface area contributed by atoms with Gasteiger partial charge in [0.15, 0.2) is 5.69 Å². The van der Waals surface area contributed by atoms with E-state index < -0.39 is 11.2 Å². The minimum atomic E-state index is -0.680. The molecule has 3 N–H and O–H groups in total. The van der Waals surface area contributed by atoms with Gasteiger partial charge in [-0.1, -0.05) is 43.7 Å². The average molecular weight is 439 g/mol. The lowest BCUT2D eigenvalue weighted by atomic mass is 10.1. The lowest BCUT2D eigenvalue weighted by molar-refractivity contribution is 0.0984. The number of aromatic amines is 1. The Morgan fingerprint density at radius 1 is 1.10 bits per heavy atom. The number of hydrogen-bond acceptors (Lipinski definition) is 5. The maximum absolute atomic E-state index is 13.5. The van der Waals surface area contributed by atoms with Gasteiger partial charge in [-0.3, -0.25) is 24.0 Å². The van der Waals surface area contributed by atoms with Gasteiger partial charge in [-0.15, -0.1) is 11.8 Å². The minimum absolute atomic E-state index is 0.00721. The molecule has 0 saturated heterocycles. The molecule has 7 nitrogen and oxygen atoms in total. The first kappa shape index (κ1) is 22.4. The Hall–Kier alpha value is -3.26. The third-order valence-electron chi connectivity index (χ3n) is 4.98. The number of anilines is 2. The van der Waals surface area contributed by atoms with Crippen LogP contribution in [-0.4, -0.2) is 21.7 Å². The number of nitrogens with two attached hydrogens (primary N) is 1. The Morgan fingerprint density at radius 2 is 1.77 bits per heavy atom. The summed E-state index contributed by atoms with van der Waals surface area (Å²) in [5.74, 6) is -0.374. The number of rotatable bonds is 8. The minimum Gasteiger partial charge on any atom is -0.383 e. The van der Waals surface area contributed by atoms with Crippen LogP contribution in [0.15, 0.2) is 69.1 Å². The second-order valence-electron chi connectivity index (χ2n) is 7.10. The Morgan fingerprint density at radius 3 is 2.39 bits per heavy atom. The largest absolute Gasteiger partial charge is 0.383 e. The Balaban J connectivity index is 2.13. The second-order valence-corrected chi connectivity index (χ2v) is 7.98. The molecule has 0 radical (unpaired) electrons. The van der Waals surface area contributed by atoms with E-state index in [9.17, 15) is 14.4 Å². The number of unbranched alkanes of at least 4 members (excludes halogenated alkanes) is 1. The van der Waals surface area contributed by atoms with E-state index in [0.717, 1.165) is 23.3 Å². The van der Waals surface area contributed by atoms with E-state index >= 15 is 0 Å². The summed E-state index contributed by atoms with van der Waals surface area (Å²) in [5, 5.41) is 0. The van der Waals surface area contributed by atoms with Gasteiger partial charge < -0.3 is 5.73 Å². The number of nitrogens with zero attached hydrogens (tertiary/aromatic N) is 2. The van der Waals surface area contributed by atoms with Crippen molar-refractivity contribution in [1.82, 2.24) is 9.55 Å². The number of carbonyl (C=O) groups is 1. The molecule has 1 heterocycles. The smallest absolute Gasteiger partial charge is 0.330 e. The van der Waals surface area contributed by atoms with Gasteiger partial charge >= 0.3 is 5.69 Å². The zero-order chi connectivity index (χ0) is 22.4. The molecule has 0 fully saturated rings. The van der Waals surface area contributed by atoms with Crippen LogP contribution in [0.4, 0.5) is 11.5 Å². The van der Waals surface area contributed by atoms with Gasteiger partial charge in [0.2, 0.25) is 0 Å². The van der Waals surface area contributed by atoms with Crippen molar-refractivity contribution < 1.29 is 4.79 Å². The zero-order valence-electron chi connectivity index (χ0n) is 17.6. The molecular formula is C23H26N4O3S. The SMILES string of the molecule is CCCCn1c(N)c(N(Cc2ccccc2)C(=O)c2ccc(SC)cc2)c(=O)[nH]c1=O. The third kappa shape index (κ3) is 5.08. The fourth-order valence-corrected chi connectivity index (χ4v) is 3.69. The van der Waals surface area contributed by atoms with E-state index in [2.05, 4.69) is 4.98 Å². The number of hydrogen-bond donors (Lipinski definition) is 2. The lowest BCUT2D eigenvalue weighted by Crippen LogP contribution is -2.41. The summed E-state index contributed by atoms with van der Waals surface area (Å²) < 4.78 is 1.32. The molecule has 0 spiro atoms. The molecule has 0 bridgehead atoms. The van der Waals surface area contributed by atoms with Crippen molar-refractivity contribution in [2.45, 2.75) is 37.8 Å². The molecule has 3 aromatic rings. The first-order valence-electron chi connectivity index (χ1n) is 10.1. The Labute approximate surface area is 184 Å². The van der Waals surface area contributed by atoms with Crippen LogP contribution in [0.1, 0.15) is 35.7 Å². The maximum Gasteiger partial charge on any atom is 0.330 e. The lowest BCUT2D eigenvalue weighted by Gasteiger charge is -2.25. The highest BCUT2D eigenvalue weighted by Crippen LogP contribution is 2.23. The first-order chi connectivity index (χ1) is 15.0. The van der Waals surface area contributed by atoms with E-state index in [1.807, 2.05) is 55.6 Å². The number of carbonyl (C=O) groups excluding carboxylic acids is 1. The molecule has 162 valence electrons. The normalized spacial score (nSPS) is 10.8. The van der Waals surface area contributed by atoms with Gasteiger partial charge in [-0.2, -0.15) is 0 Å². The van der Waals surface area contributed by atoms with Crippen molar-refractivity contribution >= 4 is 29.2 Å². The molecule has 0 unspecified atom stereocenters. The van der Waals surface area contributed by atoms with Crippen LogP contribution in [0.25, 0.3) is 0 Å². The standard InChI is InChI=1S/C23H26N4O3S/c1-3-4-14-26-20(24)19(21(28)25-23(26)30)27(15-16-8-6-5-7-9-16)22(29)17-10-12-18(31-2)13-11-17/h5-13H,3-4,14-15,24H2,1-2H3,(H,25,28,30). The topological polar surface area (TPSA) is 101 Å². The molecule has 1 amide bonds. The van der Waals surface area contributed by atoms with Crippen LogP contribution in [0.2, 0.25) is 0 Å². The number of aromatic nitrogens is 2. The van der Waals surface area contributed by atoms with E-state index in [0.29, 0.717) is 12.1 Å². The van der Waals surface area contributed by atoms with Crippen molar-refractivity contribution in [3.63, 3.8) is 0 Å². The number of nitrogen functional groups attached to an aromatic ring is 1. The number of nitrogens with one attached hydrogen (secondary N) is 1. The van der Waals surface area contributed by atoms with E-state index in [1.165, 1.54) is 9.47 Å². The highest BCUT2D eigenvalue weighted by molar-refractivity contribution is 7.98. The molecule has 3 rings (SSSR count). The van der Waals surface area contributed by atoms with Crippen LogP contribution in [0.3, 0.4) is 0 Å². The maximum atomic E-state index is 13.5. The van der Waals surface area contributed by atoms with Crippen LogP contribution in [0, 0.1) is 0 Å². The van der Waals surface area contributed by atoms with Crippen molar-refractivity contribution in [1.29, 1.82) is 0 Å². The van der Waals surface area contributed by atoms with E-state index in [-0.39, 0.29) is 24.0 Å². The summed E-state index contributed by atoms with van der Waals surface area (Å²) in [6.45, 7) is 2.50. The van der Waals surface area contributed by atoms with Crippen molar-refractivity contribution in [2.75, 3.05) is 16.9 Å². The van der Waals surface area contributed by atoms with Crippen LogP contribution in [-0.2, 0) is 13.1 Å². The summed E-state index contributed by atoms with van der Waals surface area (Å²) in [6.07, 6.45) is 3.53. The zero-order valence-corrected chi connectivity index (χ0v) is 18.4.